The van der Waals surface area contributed by atoms with Crippen molar-refractivity contribution in [3.05, 3.63) is 12.3 Å². The highest BCUT2D eigenvalue weighted by molar-refractivity contribution is 5.77. The first kappa shape index (κ1) is 16.2. The van der Waals surface area contributed by atoms with Gasteiger partial charge in [-0.05, 0) is 39.7 Å². The van der Waals surface area contributed by atoms with Crippen molar-refractivity contribution < 1.29 is 9.53 Å². The predicted octanol–water partition coefficient (Wildman–Crippen LogP) is 1.74. The number of pyridine rings is 1. The molecule has 0 spiro atoms. The van der Waals surface area contributed by atoms with Crippen LogP contribution in [0.3, 0.4) is 0 Å². The van der Waals surface area contributed by atoms with Crippen LogP contribution in [0.25, 0.3) is 0 Å². The molecular weight excluding hydrogens is 282 g/mol. The number of nitrogen functional groups attached to an aromatic ring is 2. The van der Waals surface area contributed by atoms with Gasteiger partial charge in [-0.1, -0.05) is 0 Å². The Morgan fingerprint density at radius 1 is 1.45 bits per heavy atom. The van der Waals surface area contributed by atoms with Crippen molar-refractivity contribution >= 4 is 23.3 Å². The number of piperidine rings is 1. The zero-order chi connectivity index (χ0) is 16.3. The van der Waals surface area contributed by atoms with Crippen LogP contribution in [0.1, 0.15) is 33.6 Å². The topological polar surface area (TPSA) is 106 Å². The molecule has 0 aromatic carbocycles. The van der Waals surface area contributed by atoms with Gasteiger partial charge in [0.1, 0.15) is 11.4 Å². The summed E-state index contributed by atoms with van der Waals surface area (Å²) in [6.07, 6.45) is 3.13. The molecule has 1 fully saturated rings. The molecule has 1 aromatic heterocycles. The number of nitrogens with zero attached hydrogens (tertiary/aromatic N) is 2. The average molecular weight is 307 g/mol. The third-order valence-corrected chi connectivity index (χ3v) is 3.48. The van der Waals surface area contributed by atoms with E-state index < -0.39 is 5.60 Å². The van der Waals surface area contributed by atoms with Crippen LogP contribution in [0.5, 0.6) is 0 Å². The fraction of sp³-hybridized carbons (Fsp3) is 0.600. The molecule has 1 aromatic rings. The first-order chi connectivity index (χ1) is 10.3. The lowest BCUT2D eigenvalue weighted by Gasteiger charge is -2.35. The minimum Gasteiger partial charge on any atom is -0.444 e. The Morgan fingerprint density at radius 2 is 2.18 bits per heavy atom. The van der Waals surface area contributed by atoms with E-state index in [2.05, 4.69) is 15.2 Å². The quantitative estimate of drug-likeness (QED) is 0.768. The summed E-state index contributed by atoms with van der Waals surface area (Å²) in [7, 11) is 0. The highest BCUT2D eigenvalue weighted by atomic mass is 16.6. The molecule has 2 heterocycles. The normalized spacial score (nSPS) is 18.9. The standard InChI is InChI=1S/C15H25N5O2/c1-15(2,3)22-14(21)19-10-5-4-8-20(9-10)11-6-7-18-13(17)12(11)16/h6-7,10H,4-5,8-9,16H2,1-3H3,(H2,17,18)(H,19,21)/t10-/m1/s1. The number of alkyl carbamates (subject to hydrolysis) is 1. The summed E-state index contributed by atoms with van der Waals surface area (Å²) in [6, 6.07) is 1.87. The molecule has 1 saturated heterocycles. The molecule has 122 valence electrons. The second-order valence-electron chi connectivity index (χ2n) is 6.56. The van der Waals surface area contributed by atoms with Gasteiger partial charge in [-0.15, -0.1) is 0 Å². The van der Waals surface area contributed by atoms with Crippen molar-refractivity contribution in [2.75, 3.05) is 29.5 Å². The summed E-state index contributed by atoms with van der Waals surface area (Å²) in [5.41, 5.74) is 12.6. The van der Waals surface area contributed by atoms with Crippen LogP contribution in [-0.2, 0) is 4.74 Å². The van der Waals surface area contributed by atoms with Crippen LogP contribution in [0.15, 0.2) is 12.3 Å². The van der Waals surface area contributed by atoms with Crippen LogP contribution in [0.2, 0.25) is 0 Å². The molecule has 1 amide bonds. The molecule has 2 rings (SSSR count). The molecule has 0 saturated carbocycles. The van der Waals surface area contributed by atoms with Gasteiger partial charge < -0.3 is 26.4 Å². The number of carbonyl (C=O) groups is 1. The van der Waals surface area contributed by atoms with Gasteiger partial charge in [0.25, 0.3) is 0 Å². The Kier molecular flexibility index (Phi) is 4.63. The Balaban J connectivity index is 2.00. The summed E-state index contributed by atoms with van der Waals surface area (Å²) in [4.78, 5) is 18.0. The number of nitrogens with two attached hydrogens (primary N) is 2. The Bertz CT molecular complexity index is 541. The van der Waals surface area contributed by atoms with Crippen molar-refractivity contribution in [1.29, 1.82) is 0 Å². The maximum Gasteiger partial charge on any atom is 0.407 e. The molecular formula is C15H25N5O2. The largest absolute Gasteiger partial charge is 0.444 e. The Labute approximate surface area is 131 Å². The van der Waals surface area contributed by atoms with Gasteiger partial charge in [-0.3, -0.25) is 0 Å². The summed E-state index contributed by atoms with van der Waals surface area (Å²) < 4.78 is 5.30. The number of hydrogen-bond donors (Lipinski definition) is 3. The number of carbonyl (C=O) groups excluding carboxylic acids is 1. The fourth-order valence-corrected chi connectivity index (χ4v) is 2.54. The molecule has 7 nitrogen and oxygen atoms in total. The summed E-state index contributed by atoms with van der Waals surface area (Å²) in [5.74, 6) is 0.333. The number of nitrogens with one attached hydrogen (secondary N) is 1. The molecule has 7 heteroatoms. The number of amides is 1. The van der Waals surface area contributed by atoms with Gasteiger partial charge in [-0.2, -0.15) is 0 Å². The van der Waals surface area contributed by atoms with Gasteiger partial charge in [-0.25, -0.2) is 9.78 Å². The van der Waals surface area contributed by atoms with Gasteiger partial charge in [0.05, 0.1) is 11.4 Å². The van der Waals surface area contributed by atoms with E-state index in [-0.39, 0.29) is 12.1 Å². The molecule has 1 aliphatic heterocycles. The lowest BCUT2D eigenvalue weighted by Crippen LogP contribution is -2.49. The first-order valence-corrected chi connectivity index (χ1v) is 7.50. The number of anilines is 3. The van der Waals surface area contributed by atoms with Gasteiger partial charge in [0.2, 0.25) is 0 Å². The Morgan fingerprint density at radius 3 is 2.86 bits per heavy atom. The van der Waals surface area contributed by atoms with Gasteiger partial charge >= 0.3 is 6.09 Å². The fourth-order valence-electron chi connectivity index (χ4n) is 2.54. The monoisotopic (exact) mass is 307 g/mol. The van der Waals surface area contributed by atoms with E-state index in [1.54, 1.807) is 6.20 Å². The third-order valence-electron chi connectivity index (χ3n) is 3.48. The van der Waals surface area contributed by atoms with E-state index in [0.29, 0.717) is 18.1 Å². The van der Waals surface area contributed by atoms with Crippen LogP contribution in [0, 0.1) is 0 Å². The van der Waals surface area contributed by atoms with E-state index in [1.165, 1.54) is 0 Å². The van der Waals surface area contributed by atoms with Crippen molar-refractivity contribution in [1.82, 2.24) is 10.3 Å². The first-order valence-electron chi connectivity index (χ1n) is 7.50. The van der Waals surface area contributed by atoms with E-state index in [0.717, 1.165) is 25.1 Å². The molecule has 5 N–H and O–H groups in total. The molecule has 1 atom stereocenters. The Hall–Kier alpha value is -2.18. The zero-order valence-corrected chi connectivity index (χ0v) is 13.4. The maximum atomic E-state index is 11.9. The predicted molar refractivity (Wildman–Crippen MR) is 87.7 cm³/mol. The summed E-state index contributed by atoms with van der Waals surface area (Å²) >= 11 is 0. The molecule has 1 aliphatic rings. The van der Waals surface area contributed by atoms with Crippen molar-refractivity contribution in [3.8, 4) is 0 Å². The van der Waals surface area contributed by atoms with Crippen LogP contribution in [0.4, 0.5) is 22.0 Å². The summed E-state index contributed by atoms with van der Waals surface area (Å²) in [5, 5.41) is 2.92. The lowest BCUT2D eigenvalue weighted by atomic mass is 10.0. The average Bonchev–Trinajstić information content (AvgIpc) is 2.40. The smallest absolute Gasteiger partial charge is 0.407 e. The van der Waals surface area contributed by atoms with Crippen molar-refractivity contribution in [2.24, 2.45) is 0 Å². The summed E-state index contributed by atoms with van der Waals surface area (Å²) in [6.45, 7) is 7.09. The minimum absolute atomic E-state index is 0.0254. The molecule has 0 radical (unpaired) electrons. The van der Waals surface area contributed by atoms with E-state index >= 15 is 0 Å². The van der Waals surface area contributed by atoms with Crippen LogP contribution >= 0.6 is 0 Å². The van der Waals surface area contributed by atoms with Gasteiger partial charge in [0.15, 0.2) is 0 Å². The van der Waals surface area contributed by atoms with Crippen LogP contribution < -0.4 is 21.7 Å². The molecule has 22 heavy (non-hydrogen) atoms. The van der Waals surface area contributed by atoms with Crippen LogP contribution in [-0.4, -0.2) is 35.8 Å². The van der Waals surface area contributed by atoms with E-state index in [9.17, 15) is 4.79 Å². The highest BCUT2D eigenvalue weighted by Gasteiger charge is 2.25. The molecule has 0 unspecified atom stereocenters. The number of aromatic nitrogens is 1. The number of hydrogen-bond acceptors (Lipinski definition) is 6. The molecule has 0 aliphatic carbocycles. The van der Waals surface area contributed by atoms with Gasteiger partial charge in [0, 0.05) is 25.3 Å². The van der Waals surface area contributed by atoms with E-state index in [1.807, 2.05) is 26.8 Å². The highest BCUT2D eigenvalue weighted by Crippen LogP contribution is 2.29. The molecule has 0 bridgehead atoms. The SMILES string of the molecule is CC(C)(C)OC(=O)N[C@@H]1CCCN(c2ccnc(N)c2N)C1. The number of ether oxygens (including phenoxy) is 1. The maximum absolute atomic E-state index is 11.9. The van der Waals surface area contributed by atoms with Crippen molar-refractivity contribution in [2.45, 2.75) is 45.3 Å². The van der Waals surface area contributed by atoms with E-state index in [4.69, 9.17) is 16.2 Å². The lowest BCUT2D eigenvalue weighted by molar-refractivity contribution is 0.0500. The minimum atomic E-state index is -0.498. The second kappa shape index (κ2) is 6.29. The van der Waals surface area contributed by atoms with Crippen molar-refractivity contribution in [3.63, 3.8) is 0 Å². The zero-order valence-electron chi connectivity index (χ0n) is 13.4. The third kappa shape index (κ3) is 4.16. The second-order valence-corrected chi connectivity index (χ2v) is 6.56. The number of rotatable bonds is 2.